The van der Waals surface area contributed by atoms with Crippen molar-refractivity contribution in [1.29, 1.82) is 0 Å². The zero-order valence-electron chi connectivity index (χ0n) is 20.9. The molecule has 1 N–H and O–H groups in total. The summed E-state index contributed by atoms with van der Waals surface area (Å²) in [4.78, 5) is 44.9. The van der Waals surface area contributed by atoms with E-state index in [1.807, 2.05) is 25.3 Å². The number of pyridine rings is 1. The second-order valence-corrected chi connectivity index (χ2v) is 13.8. The predicted molar refractivity (Wildman–Crippen MR) is 145 cm³/mol. The number of ketones is 1. The van der Waals surface area contributed by atoms with Gasteiger partial charge in [0.05, 0.1) is 18.3 Å². The number of nitrogens with zero attached hydrogens (tertiary/aromatic N) is 3. The molecule has 3 aromatic heterocycles. The molecular formula is C25H28N4O6S3. The number of ether oxygens (including phenoxy) is 1. The lowest BCUT2D eigenvalue weighted by molar-refractivity contribution is -0.138. The second-order valence-electron chi connectivity index (χ2n) is 9.85. The number of thiophene rings is 2. The fourth-order valence-electron chi connectivity index (χ4n) is 5.09. The fourth-order valence-corrected chi connectivity index (χ4v) is 8.70. The molecule has 13 heteroatoms. The number of carbonyl (C=O) groups excluding carboxylic acids is 3. The lowest BCUT2D eigenvalue weighted by Gasteiger charge is -2.28. The van der Waals surface area contributed by atoms with Crippen LogP contribution in [0.25, 0.3) is 9.40 Å². The minimum Gasteiger partial charge on any atom is -0.399 e. The van der Waals surface area contributed by atoms with E-state index in [0.29, 0.717) is 23.6 Å². The summed E-state index contributed by atoms with van der Waals surface area (Å²) in [5.74, 6) is -0.978. The first kappa shape index (κ1) is 26.7. The highest BCUT2D eigenvalue weighted by Gasteiger charge is 2.54. The summed E-state index contributed by atoms with van der Waals surface area (Å²) in [5.41, 5.74) is 0.389. The van der Waals surface area contributed by atoms with Crippen molar-refractivity contribution in [3.05, 3.63) is 47.6 Å². The Morgan fingerprint density at radius 2 is 2.05 bits per heavy atom. The zero-order valence-corrected chi connectivity index (χ0v) is 23.4. The maximum atomic E-state index is 13.6. The van der Waals surface area contributed by atoms with Crippen molar-refractivity contribution in [2.75, 3.05) is 13.1 Å². The van der Waals surface area contributed by atoms with Crippen molar-refractivity contribution in [2.45, 2.75) is 50.6 Å². The predicted octanol–water partition coefficient (Wildman–Crippen LogP) is 3.25. The van der Waals surface area contributed by atoms with Gasteiger partial charge in [0.2, 0.25) is 15.9 Å². The van der Waals surface area contributed by atoms with E-state index in [2.05, 4.69) is 10.3 Å². The molecule has 202 valence electrons. The highest BCUT2D eigenvalue weighted by molar-refractivity contribution is 7.88. The summed E-state index contributed by atoms with van der Waals surface area (Å²) in [6.07, 6.45) is 1.46. The Bertz CT molecular complexity index is 1420. The van der Waals surface area contributed by atoms with E-state index in [0.717, 1.165) is 9.40 Å². The van der Waals surface area contributed by atoms with Gasteiger partial charge in [-0.15, -0.1) is 11.3 Å². The highest BCUT2D eigenvalue weighted by Crippen LogP contribution is 2.36. The number of rotatable bonds is 8. The van der Waals surface area contributed by atoms with Gasteiger partial charge in [-0.25, -0.2) is 13.2 Å². The molecule has 2 aliphatic rings. The Morgan fingerprint density at radius 3 is 2.76 bits per heavy atom. The third-order valence-electron chi connectivity index (χ3n) is 6.68. The van der Waals surface area contributed by atoms with Crippen LogP contribution in [0.5, 0.6) is 5.06 Å². The Labute approximate surface area is 228 Å². The average Bonchev–Trinajstić information content (AvgIpc) is 3.61. The SMILES string of the molecule is CC(C)CC(NC(=O)Oc1cc2sccc2s1)C(=O)N1CCC2C1C(=O)CN2S(=O)(=O)Cc1ccccn1. The summed E-state index contributed by atoms with van der Waals surface area (Å²) in [6.45, 7) is 3.80. The van der Waals surface area contributed by atoms with Gasteiger partial charge in [-0.2, -0.15) is 4.31 Å². The van der Waals surface area contributed by atoms with E-state index < -0.39 is 40.1 Å². The van der Waals surface area contributed by atoms with Crippen LogP contribution in [-0.4, -0.2) is 71.6 Å². The Hall–Kier alpha value is -2.87. The first-order valence-corrected chi connectivity index (χ1v) is 15.6. The quantitative estimate of drug-likeness (QED) is 0.436. The molecule has 3 atom stereocenters. The van der Waals surface area contributed by atoms with Crippen LogP contribution in [0.15, 0.2) is 41.9 Å². The van der Waals surface area contributed by atoms with Gasteiger partial charge in [-0.3, -0.25) is 14.6 Å². The molecule has 2 saturated heterocycles. The number of sulfonamides is 1. The van der Waals surface area contributed by atoms with Crippen LogP contribution in [0.3, 0.4) is 0 Å². The number of hydrogen-bond donors (Lipinski definition) is 1. The molecule has 3 unspecified atom stereocenters. The van der Waals surface area contributed by atoms with Crippen molar-refractivity contribution in [1.82, 2.24) is 19.5 Å². The molecule has 0 saturated carbocycles. The third-order valence-corrected chi connectivity index (χ3v) is 10.4. The topological polar surface area (TPSA) is 126 Å². The van der Waals surface area contributed by atoms with Crippen molar-refractivity contribution < 1.29 is 27.5 Å². The first-order valence-electron chi connectivity index (χ1n) is 12.3. The molecule has 5 rings (SSSR count). The fraction of sp³-hybridized carbons (Fsp3) is 0.440. The minimum absolute atomic E-state index is 0.0734. The van der Waals surface area contributed by atoms with Crippen molar-refractivity contribution in [3.8, 4) is 5.06 Å². The summed E-state index contributed by atoms with van der Waals surface area (Å²) in [6, 6.07) is 6.34. The molecule has 0 aromatic carbocycles. The van der Waals surface area contributed by atoms with E-state index in [9.17, 15) is 22.8 Å². The van der Waals surface area contributed by atoms with Crippen LogP contribution < -0.4 is 10.1 Å². The zero-order chi connectivity index (χ0) is 27.0. The standard InChI is InChI=1S/C25H28N4O6S3/c1-15(2)11-17(27-25(32)35-22-12-21-20(37-22)7-10-36-21)24(31)28-9-6-18-23(28)19(30)13-29(18)38(33,34)14-16-5-3-4-8-26-16/h3-5,7-8,10,12,15,17-18,23H,6,9,11,13-14H2,1-2H3,(H,27,32). The van der Waals surface area contributed by atoms with Gasteiger partial charge >= 0.3 is 6.09 Å². The maximum absolute atomic E-state index is 13.6. The highest BCUT2D eigenvalue weighted by atomic mass is 32.2. The number of aromatic nitrogens is 1. The Kier molecular flexibility index (Phi) is 7.54. The van der Waals surface area contributed by atoms with Crippen LogP contribution in [-0.2, 0) is 25.4 Å². The van der Waals surface area contributed by atoms with Gasteiger partial charge in [0, 0.05) is 28.2 Å². The van der Waals surface area contributed by atoms with Crippen LogP contribution in [0.1, 0.15) is 32.4 Å². The van der Waals surface area contributed by atoms with Gasteiger partial charge in [-0.1, -0.05) is 31.3 Å². The van der Waals surface area contributed by atoms with Gasteiger partial charge < -0.3 is 15.0 Å². The third kappa shape index (κ3) is 5.46. The molecule has 2 fully saturated rings. The van der Waals surface area contributed by atoms with E-state index in [1.54, 1.807) is 35.6 Å². The van der Waals surface area contributed by atoms with Gasteiger partial charge in [0.25, 0.3) is 0 Å². The van der Waals surface area contributed by atoms with Crippen LogP contribution in [0.4, 0.5) is 4.79 Å². The van der Waals surface area contributed by atoms with Crippen molar-refractivity contribution >= 4 is 59.9 Å². The van der Waals surface area contributed by atoms with E-state index in [1.165, 1.54) is 26.7 Å². The summed E-state index contributed by atoms with van der Waals surface area (Å²) >= 11 is 2.89. The molecule has 2 aliphatic heterocycles. The summed E-state index contributed by atoms with van der Waals surface area (Å²) in [5, 5.41) is 5.08. The first-order chi connectivity index (χ1) is 18.1. The molecule has 0 spiro atoms. The Balaban J connectivity index is 1.29. The van der Waals surface area contributed by atoms with Gasteiger partial charge in [0.1, 0.15) is 17.8 Å². The van der Waals surface area contributed by atoms with E-state index >= 15 is 0 Å². The molecule has 5 heterocycles. The van der Waals surface area contributed by atoms with Crippen LogP contribution >= 0.6 is 22.7 Å². The van der Waals surface area contributed by atoms with Crippen LogP contribution in [0.2, 0.25) is 0 Å². The Morgan fingerprint density at radius 1 is 1.24 bits per heavy atom. The number of likely N-dealkylation sites (tertiary alicyclic amines) is 1. The number of hydrogen-bond acceptors (Lipinski definition) is 9. The maximum Gasteiger partial charge on any atom is 0.414 e. The van der Waals surface area contributed by atoms with E-state index in [-0.39, 0.29) is 30.5 Å². The molecule has 38 heavy (non-hydrogen) atoms. The molecule has 2 amide bonds. The second kappa shape index (κ2) is 10.7. The molecule has 0 aliphatic carbocycles. The minimum atomic E-state index is -3.82. The smallest absolute Gasteiger partial charge is 0.399 e. The van der Waals surface area contributed by atoms with Crippen molar-refractivity contribution in [2.24, 2.45) is 5.92 Å². The number of fused-ring (bicyclic) bond motifs is 2. The molecular weight excluding hydrogens is 548 g/mol. The molecule has 0 radical (unpaired) electrons. The van der Waals surface area contributed by atoms with Crippen LogP contribution in [0, 0.1) is 5.92 Å². The lowest BCUT2D eigenvalue weighted by atomic mass is 10.0. The average molecular weight is 577 g/mol. The number of carbonyl (C=O) groups is 3. The van der Waals surface area contributed by atoms with Crippen molar-refractivity contribution in [3.63, 3.8) is 0 Å². The molecule has 3 aromatic rings. The van der Waals surface area contributed by atoms with E-state index in [4.69, 9.17) is 4.74 Å². The normalized spacial score (nSPS) is 20.7. The summed E-state index contributed by atoms with van der Waals surface area (Å²) in [7, 11) is -3.82. The van der Waals surface area contributed by atoms with Gasteiger partial charge in [-0.05, 0) is 42.3 Å². The largest absolute Gasteiger partial charge is 0.414 e. The van der Waals surface area contributed by atoms with Gasteiger partial charge in [0.15, 0.2) is 10.8 Å². The number of Topliss-reactive ketones (excluding diaryl/α,β-unsaturated/α-hetero) is 1. The molecule has 10 nitrogen and oxygen atoms in total. The molecule has 0 bridgehead atoms. The monoisotopic (exact) mass is 576 g/mol. The summed E-state index contributed by atoms with van der Waals surface area (Å²) < 4.78 is 35.0. The lowest BCUT2D eigenvalue weighted by Crippen LogP contribution is -2.53. The number of amides is 2. The number of nitrogens with one attached hydrogen (secondary N) is 1.